The number of benzene rings is 1. The number of aliphatic hydroxyl groups is 1. The summed E-state index contributed by atoms with van der Waals surface area (Å²) in [5.74, 6) is 1.31. The van der Waals surface area contributed by atoms with Gasteiger partial charge in [-0.25, -0.2) is 0 Å². The van der Waals surface area contributed by atoms with Gasteiger partial charge >= 0.3 is 0 Å². The van der Waals surface area contributed by atoms with Crippen molar-refractivity contribution in [1.29, 1.82) is 0 Å². The molecule has 0 aliphatic heterocycles. The minimum atomic E-state index is -0.754. The Bertz CT molecular complexity index is 617. The van der Waals surface area contributed by atoms with Crippen LogP contribution in [-0.4, -0.2) is 31.2 Å². The van der Waals surface area contributed by atoms with Gasteiger partial charge < -0.3 is 5.11 Å². The number of nitrogens with zero attached hydrogens (tertiary/aromatic N) is 3. The molecule has 112 valence electrons. The maximum Gasteiger partial charge on any atom is 0.191 e. The number of hydrogen-bond acceptors (Lipinski definition) is 4. The van der Waals surface area contributed by atoms with Crippen molar-refractivity contribution in [3.8, 4) is 11.4 Å². The summed E-state index contributed by atoms with van der Waals surface area (Å²) in [5, 5.41) is 19.8. The normalized spacial score (nSPS) is 11.6. The molecule has 1 N–H and O–H groups in total. The summed E-state index contributed by atoms with van der Waals surface area (Å²) in [4.78, 5) is 0. The Balaban J connectivity index is 2.32. The van der Waals surface area contributed by atoms with Crippen molar-refractivity contribution in [3.05, 3.63) is 41.9 Å². The van der Waals surface area contributed by atoms with E-state index in [1.165, 1.54) is 11.8 Å². The molecule has 2 rings (SSSR count). The van der Waals surface area contributed by atoms with Crippen LogP contribution < -0.4 is 0 Å². The fourth-order valence-corrected chi connectivity index (χ4v) is 2.77. The molecule has 0 spiro atoms. The molecule has 0 unspecified atom stereocenters. The summed E-state index contributed by atoms with van der Waals surface area (Å²) >= 11 is 7.39. The molecule has 4 nitrogen and oxygen atoms in total. The molecule has 0 bridgehead atoms. The highest BCUT2D eigenvalue weighted by atomic mass is 35.5. The quantitative estimate of drug-likeness (QED) is 0.651. The van der Waals surface area contributed by atoms with E-state index in [4.69, 9.17) is 11.6 Å². The van der Waals surface area contributed by atoms with Gasteiger partial charge in [-0.3, -0.25) is 4.57 Å². The molecular weight excluding hydrogens is 306 g/mol. The summed E-state index contributed by atoms with van der Waals surface area (Å²) in [6, 6.07) is 7.48. The lowest BCUT2D eigenvalue weighted by molar-refractivity contribution is 0.107. The van der Waals surface area contributed by atoms with E-state index in [1.54, 1.807) is 19.9 Å². The van der Waals surface area contributed by atoms with Gasteiger partial charge in [-0.2, -0.15) is 0 Å². The molecule has 0 saturated carbocycles. The van der Waals surface area contributed by atoms with Gasteiger partial charge in [0, 0.05) is 22.9 Å². The first kappa shape index (κ1) is 16.1. The molecule has 21 heavy (non-hydrogen) atoms. The van der Waals surface area contributed by atoms with Crippen LogP contribution in [0.15, 0.2) is 42.1 Å². The van der Waals surface area contributed by atoms with Crippen molar-refractivity contribution in [2.45, 2.75) is 31.1 Å². The molecule has 0 fully saturated rings. The van der Waals surface area contributed by atoms with E-state index in [0.29, 0.717) is 17.3 Å². The van der Waals surface area contributed by atoms with Crippen LogP contribution in [0.3, 0.4) is 0 Å². The Morgan fingerprint density at radius 2 is 2.00 bits per heavy atom. The Morgan fingerprint density at radius 1 is 1.33 bits per heavy atom. The Hall–Kier alpha value is -1.30. The topological polar surface area (TPSA) is 50.9 Å². The number of halogens is 1. The van der Waals surface area contributed by atoms with Crippen LogP contribution in [0, 0.1) is 0 Å². The third-order valence-electron chi connectivity index (χ3n) is 2.69. The van der Waals surface area contributed by atoms with Crippen molar-refractivity contribution in [2.75, 3.05) is 5.75 Å². The molecule has 0 atom stereocenters. The zero-order chi connectivity index (χ0) is 15.5. The molecule has 6 heteroatoms. The smallest absolute Gasteiger partial charge is 0.191 e. The van der Waals surface area contributed by atoms with Gasteiger partial charge in [-0.15, -0.1) is 16.8 Å². The standard InChI is InChI=1S/C15H18ClN3OS/c1-4-9-19-13(11-5-7-12(16)8-6-11)17-18-14(19)21-10-15(2,3)20/h4-8,20H,1,9-10H2,2-3H3. The predicted molar refractivity (Wildman–Crippen MR) is 87.7 cm³/mol. The van der Waals surface area contributed by atoms with Crippen LogP contribution >= 0.6 is 23.4 Å². The first-order valence-corrected chi connectivity index (χ1v) is 7.92. The highest BCUT2D eigenvalue weighted by Gasteiger charge is 2.18. The third kappa shape index (κ3) is 4.33. The summed E-state index contributed by atoms with van der Waals surface area (Å²) < 4.78 is 1.98. The van der Waals surface area contributed by atoms with Gasteiger partial charge in [0.2, 0.25) is 0 Å². The average molecular weight is 324 g/mol. The Morgan fingerprint density at radius 3 is 2.57 bits per heavy atom. The SMILES string of the molecule is C=CCn1c(SCC(C)(C)O)nnc1-c1ccc(Cl)cc1. The van der Waals surface area contributed by atoms with Crippen LogP contribution in [0.5, 0.6) is 0 Å². The van der Waals surface area contributed by atoms with Gasteiger partial charge in [0.15, 0.2) is 11.0 Å². The molecule has 0 aliphatic rings. The van der Waals surface area contributed by atoms with E-state index in [-0.39, 0.29) is 0 Å². The number of rotatable bonds is 6. The van der Waals surface area contributed by atoms with E-state index < -0.39 is 5.60 Å². The van der Waals surface area contributed by atoms with Crippen molar-refractivity contribution >= 4 is 23.4 Å². The Labute approximate surface area is 133 Å². The molecule has 1 aromatic heterocycles. The molecule has 1 heterocycles. The average Bonchev–Trinajstić information content (AvgIpc) is 2.80. The summed E-state index contributed by atoms with van der Waals surface area (Å²) in [6.07, 6.45) is 1.80. The van der Waals surface area contributed by atoms with E-state index in [1.807, 2.05) is 28.8 Å². The summed E-state index contributed by atoms with van der Waals surface area (Å²) in [5.41, 5.74) is 0.194. The largest absolute Gasteiger partial charge is 0.390 e. The fraction of sp³-hybridized carbons (Fsp3) is 0.333. The van der Waals surface area contributed by atoms with Crippen molar-refractivity contribution in [1.82, 2.24) is 14.8 Å². The molecular formula is C15H18ClN3OS. The minimum Gasteiger partial charge on any atom is -0.390 e. The predicted octanol–water partition coefficient (Wildman–Crippen LogP) is 3.65. The maximum absolute atomic E-state index is 9.84. The zero-order valence-electron chi connectivity index (χ0n) is 12.1. The number of allylic oxidation sites excluding steroid dienone is 1. The zero-order valence-corrected chi connectivity index (χ0v) is 13.7. The molecule has 1 aromatic carbocycles. The van der Waals surface area contributed by atoms with Crippen molar-refractivity contribution in [3.63, 3.8) is 0 Å². The summed E-state index contributed by atoms with van der Waals surface area (Å²) in [7, 11) is 0. The van der Waals surface area contributed by atoms with Crippen LogP contribution in [0.25, 0.3) is 11.4 Å². The maximum atomic E-state index is 9.84. The van der Waals surface area contributed by atoms with Crippen LogP contribution in [0.4, 0.5) is 0 Å². The van der Waals surface area contributed by atoms with Gasteiger partial charge in [-0.1, -0.05) is 29.4 Å². The van der Waals surface area contributed by atoms with Gasteiger partial charge in [-0.05, 0) is 38.1 Å². The number of thioether (sulfide) groups is 1. The second-order valence-corrected chi connectivity index (χ2v) is 6.69. The highest BCUT2D eigenvalue weighted by Crippen LogP contribution is 2.27. The first-order chi connectivity index (χ1) is 9.90. The van der Waals surface area contributed by atoms with E-state index in [0.717, 1.165) is 16.5 Å². The van der Waals surface area contributed by atoms with E-state index in [2.05, 4.69) is 16.8 Å². The number of aromatic nitrogens is 3. The first-order valence-electron chi connectivity index (χ1n) is 6.56. The van der Waals surface area contributed by atoms with Crippen LogP contribution in [0.2, 0.25) is 5.02 Å². The van der Waals surface area contributed by atoms with Crippen LogP contribution in [-0.2, 0) is 6.54 Å². The van der Waals surface area contributed by atoms with E-state index in [9.17, 15) is 5.11 Å². The van der Waals surface area contributed by atoms with Gasteiger partial charge in [0.1, 0.15) is 0 Å². The molecule has 0 saturated heterocycles. The lowest BCUT2D eigenvalue weighted by Gasteiger charge is -2.16. The van der Waals surface area contributed by atoms with Crippen LogP contribution in [0.1, 0.15) is 13.8 Å². The lowest BCUT2D eigenvalue weighted by atomic mass is 10.2. The highest BCUT2D eigenvalue weighted by molar-refractivity contribution is 7.99. The summed E-state index contributed by atoms with van der Waals surface area (Å²) in [6.45, 7) is 7.93. The van der Waals surface area contributed by atoms with Crippen molar-refractivity contribution < 1.29 is 5.11 Å². The molecule has 0 aliphatic carbocycles. The van der Waals surface area contributed by atoms with Crippen molar-refractivity contribution in [2.24, 2.45) is 0 Å². The van der Waals surface area contributed by atoms with E-state index >= 15 is 0 Å². The second-order valence-electron chi connectivity index (χ2n) is 5.31. The molecule has 0 amide bonds. The fourth-order valence-electron chi connectivity index (χ4n) is 1.74. The van der Waals surface area contributed by atoms with Gasteiger partial charge in [0.05, 0.1) is 5.60 Å². The molecule has 0 radical (unpaired) electrons. The Kier molecular flexibility index (Phi) is 5.08. The minimum absolute atomic E-state index is 0.545. The second kappa shape index (κ2) is 6.64. The third-order valence-corrected chi connectivity index (χ3v) is 4.35. The van der Waals surface area contributed by atoms with Gasteiger partial charge in [0.25, 0.3) is 0 Å². The lowest BCUT2D eigenvalue weighted by Crippen LogP contribution is -2.22. The number of hydrogen-bond donors (Lipinski definition) is 1. The molecule has 2 aromatic rings. The monoisotopic (exact) mass is 323 g/mol.